The molecule has 0 fully saturated rings. The number of hydrogen-bond acceptors (Lipinski definition) is 3. The molecule has 0 aliphatic heterocycles. The van der Waals surface area contributed by atoms with Crippen LogP contribution < -0.4 is 20.1 Å². The molecule has 2 N–H and O–H groups in total. The first-order valence-electron chi connectivity index (χ1n) is 7.99. The van der Waals surface area contributed by atoms with Crippen molar-refractivity contribution in [1.82, 2.24) is 10.6 Å². The third-order valence-corrected chi connectivity index (χ3v) is 3.55. The van der Waals surface area contributed by atoms with Gasteiger partial charge in [0.05, 0.1) is 13.7 Å². The van der Waals surface area contributed by atoms with Crippen LogP contribution in [0.25, 0.3) is 0 Å². The van der Waals surface area contributed by atoms with Gasteiger partial charge >= 0.3 is 0 Å². The molecule has 0 saturated heterocycles. The molecule has 2 rings (SSSR count). The van der Waals surface area contributed by atoms with E-state index in [1.165, 1.54) is 5.56 Å². The second-order valence-corrected chi connectivity index (χ2v) is 5.33. The molecule has 0 heterocycles. The minimum Gasteiger partial charge on any atom is -0.496 e. The first kappa shape index (κ1) is 17.7. The summed E-state index contributed by atoms with van der Waals surface area (Å²) in [6.07, 6.45) is 0. The van der Waals surface area contributed by atoms with E-state index < -0.39 is 0 Å². The van der Waals surface area contributed by atoms with E-state index in [2.05, 4.69) is 22.5 Å². The smallest absolute Gasteiger partial charge is 0.191 e. The number of rotatable bonds is 7. The Morgan fingerprint density at radius 3 is 2.50 bits per heavy atom. The number of nitrogens with one attached hydrogen (secondary N) is 2. The maximum atomic E-state index is 5.69. The summed E-state index contributed by atoms with van der Waals surface area (Å²) in [6.45, 7) is 3.93. The van der Waals surface area contributed by atoms with Gasteiger partial charge in [-0.3, -0.25) is 4.99 Å². The van der Waals surface area contributed by atoms with Gasteiger partial charge in [0.2, 0.25) is 0 Å². The molecule has 0 radical (unpaired) electrons. The summed E-state index contributed by atoms with van der Waals surface area (Å²) in [5.41, 5.74) is 2.31. The van der Waals surface area contributed by atoms with Gasteiger partial charge in [-0.15, -0.1) is 0 Å². The van der Waals surface area contributed by atoms with Gasteiger partial charge in [0.25, 0.3) is 0 Å². The van der Waals surface area contributed by atoms with Gasteiger partial charge in [-0.1, -0.05) is 35.9 Å². The lowest BCUT2D eigenvalue weighted by Crippen LogP contribution is -2.38. The van der Waals surface area contributed by atoms with Crippen LogP contribution in [0.2, 0.25) is 0 Å². The highest BCUT2D eigenvalue weighted by molar-refractivity contribution is 5.79. The molecule has 0 aromatic heterocycles. The molecule has 128 valence electrons. The fourth-order valence-corrected chi connectivity index (χ4v) is 2.22. The molecular weight excluding hydrogens is 302 g/mol. The molecule has 2 aromatic carbocycles. The number of guanidine groups is 1. The zero-order valence-electron chi connectivity index (χ0n) is 14.5. The minimum atomic E-state index is 0.568. The van der Waals surface area contributed by atoms with Crippen molar-refractivity contribution >= 4 is 5.96 Å². The molecule has 0 aliphatic carbocycles. The quantitative estimate of drug-likeness (QED) is 0.466. The molecule has 24 heavy (non-hydrogen) atoms. The van der Waals surface area contributed by atoms with Gasteiger partial charge in [0.1, 0.15) is 18.1 Å². The Kier molecular flexibility index (Phi) is 6.95. The van der Waals surface area contributed by atoms with Crippen molar-refractivity contribution in [1.29, 1.82) is 0 Å². The topological polar surface area (TPSA) is 54.9 Å². The van der Waals surface area contributed by atoms with Crippen molar-refractivity contribution in [2.24, 2.45) is 4.99 Å². The van der Waals surface area contributed by atoms with Crippen LogP contribution in [0.4, 0.5) is 0 Å². The van der Waals surface area contributed by atoms with E-state index in [9.17, 15) is 0 Å². The lowest BCUT2D eigenvalue weighted by molar-refractivity contribution is 0.322. The number of ether oxygens (including phenoxy) is 2. The predicted octanol–water partition coefficient (Wildman–Crippen LogP) is 2.75. The SMILES string of the molecule is CN=C(NCCOc1ccc(C)cc1)NCc1ccccc1OC. The summed E-state index contributed by atoms with van der Waals surface area (Å²) < 4.78 is 11.0. The van der Waals surface area contributed by atoms with Crippen LogP contribution >= 0.6 is 0 Å². The van der Waals surface area contributed by atoms with Gasteiger partial charge < -0.3 is 20.1 Å². The van der Waals surface area contributed by atoms with Crippen molar-refractivity contribution in [2.75, 3.05) is 27.3 Å². The minimum absolute atomic E-state index is 0.568. The third kappa shape index (κ3) is 5.50. The number of hydrogen-bond donors (Lipinski definition) is 2. The van der Waals surface area contributed by atoms with Crippen LogP contribution in [0.1, 0.15) is 11.1 Å². The van der Waals surface area contributed by atoms with Crippen LogP contribution in [-0.4, -0.2) is 33.3 Å². The number of nitrogens with zero attached hydrogens (tertiary/aromatic N) is 1. The lowest BCUT2D eigenvalue weighted by Gasteiger charge is -2.14. The predicted molar refractivity (Wildman–Crippen MR) is 97.9 cm³/mol. The molecule has 0 amide bonds. The molecular formula is C19H25N3O2. The summed E-state index contributed by atoms with van der Waals surface area (Å²) in [4.78, 5) is 4.21. The number of aliphatic imine (C=N–C) groups is 1. The third-order valence-electron chi connectivity index (χ3n) is 3.55. The Morgan fingerprint density at radius 1 is 1.04 bits per heavy atom. The standard InChI is InChI=1S/C19H25N3O2/c1-15-8-10-17(11-9-15)24-13-12-21-19(20-2)22-14-16-6-4-5-7-18(16)23-3/h4-11H,12-14H2,1-3H3,(H2,20,21,22). The zero-order chi connectivity index (χ0) is 17.2. The Bertz CT molecular complexity index is 654. The van der Waals surface area contributed by atoms with Crippen molar-refractivity contribution in [3.63, 3.8) is 0 Å². The highest BCUT2D eigenvalue weighted by Crippen LogP contribution is 2.16. The van der Waals surface area contributed by atoms with E-state index in [0.29, 0.717) is 19.7 Å². The van der Waals surface area contributed by atoms with E-state index in [-0.39, 0.29) is 0 Å². The van der Waals surface area contributed by atoms with Gasteiger partial charge in [0, 0.05) is 19.2 Å². The first-order valence-corrected chi connectivity index (χ1v) is 7.99. The molecule has 5 heteroatoms. The van der Waals surface area contributed by atoms with E-state index in [4.69, 9.17) is 9.47 Å². The average Bonchev–Trinajstić information content (AvgIpc) is 2.63. The monoisotopic (exact) mass is 327 g/mol. The molecule has 0 aliphatic rings. The summed E-state index contributed by atoms with van der Waals surface area (Å²) in [6, 6.07) is 16.0. The maximum absolute atomic E-state index is 5.69. The number of benzene rings is 2. The van der Waals surface area contributed by atoms with Gasteiger partial charge in [-0.2, -0.15) is 0 Å². The van der Waals surface area contributed by atoms with E-state index in [1.54, 1.807) is 14.2 Å². The fourth-order valence-electron chi connectivity index (χ4n) is 2.22. The molecule has 2 aromatic rings. The highest BCUT2D eigenvalue weighted by Gasteiger charge is 2.03. The van der Waals surface area contributed by atoms with E-state index in [0.717, 1.165) is 23.0 Å². The van der Waals surface area contributed by atoms with Gasteiger partial charge in [-0.25, -0.2) is 0 Å². The molecule has 5 nitrogen and oxygen atoms in total. The van der Waals surface area contributed by atoms with Crippen molar-refractivity contribution in [2.45, 2.75) is 13.5 Å². The Morgan fingerprint density at radius 2 is 1.79 bits per heavy atom. The summed E-state index contributed by atoms with van der Waals surface area (Å²) in [5, 5.41) is 6.50. The van der Waals surface area contributed by atoms with E-state index >= 15 is 0 Å². The number of para-hydroxylation sites is 1. The Labute approximate surface area is 143 Å². The largest absolute Gasteiger partial charge is 0.496 e. The molecule has 0 atom stereocenters. The average molecular weight is 327 g/mol. The van der Waals surface area contributed by atoms with Crippen molar-refractivity contribution < 1.29 is 9.47 Å². The van der Waals surface area contributed by atoms with Crippen LogP contribution in [0.15, 0.2) is 53.5 Å². The Balaban J connectivity index is 1.73. The van der Waals surface area contributed by atoms with Crippen LogP contribution in [-0.2, 0) is 6.54 Å². The summed E-state index contributed by atoms with van der Waals surface area (Å²) >= 11 is 0. The highest BCUT2D eigenvalue weighted by atomic mass is 16.5. The van der Waals surface area contributed by atoms with E-state index in [1.807, 2.05) is 48.5 Å². The maximum Gasteiger partial charge on any atom is 0.191 e. The molecule has 0 spiro atoms. The summed E-state index contributed by atoms with van der Waals surface area (Å²) in [5.74, 6) is 2.47. The number of aryl methyl sites for hydroxylation is 1. The lowest BCUT2D eigenvalue weighted by atomic mass is 10.2. The Hall–Kier alpha value is -2.69. The van der Waals surface area contributed by atoms with Gasteiger partial charge in [0.15, 0.2) is 5.96 Å². The van der Waals surface area contributed by atoms with Crippen LogP contribution in [0, 0.1) is 6.92 Å². The zero-order valence-corrected chi connectivity index (χ0v) is 14.5. The molecule has 0 bridgehead atoms. The molecule has 0 unspecified atom stereocenters. The summed E-state index contributed by atoms with van der Waals surface area (Å²) in [7, 11) is 3.42. The first-order chi connectivity index (χ1) is 11.7. The number of methoxy groups -OCH3 is 1. The van der Waals surface area contributed by atoms with Crippen molar-refractivity contribution in [3.8, 4) is 11.5 Å². The van der Waals surface area contributed by atoms with Crippen molar-refractivity contribution in [3.05, 3.63) is 59.7 Å². The van der Waals surface area contributed by atoms with Crippen LogP contribution in [0.5, 0.6) is 11.5 Å². The van der Waals surface area contributed by atoms with Gasteiger partial charge in [-0.05, 0) is 25.1 Å². The normalized spacial score (nSPS) is 11.0. The molecule has 0 saturated carbocycles. The second kappa shape index (κ2) is 9.45. The van der Waals surface area contributed by atoms with Crippen LogP contribution in [0.3, 0.4) is 0 Å². The second-order valence-electron chi connectivity index (χ2n) is 5.33. The fraction of sp³-hybridized carbons (Fsp3) is 0.316.